The molecular weight excluding hydrogens is 234 g/mol. The molecule has 0 saturated carbocycles. The molecule has 98 valence electrons. The summed E-state index contributed by atoms with van der Waals surface area (Å²) in [5.74, 6) is 0.473. The van der Waals surface area contributed by atoms with Crippen LogP contribution in [0.1, 0.15) is 41.3 Å². The lowest BCUT2D eigenvalue weighted by Gasteiger charge is -2.09. The molecule has 2 aromatic rings. The van der Waals surface area contributed by atoms with Gasteiger partial charge in [-0.3, -0.25) is 4.79 Å². The minimum atomic E-state index is -0.0319. The topological polar surface area (TPSA) is 29.1 Å². The lowest BCUT2D eigenvalue weighted by Crippen LogP contribution is -2.22. The van der Waals surface area contributed by atoms with Crippen molar-refractivity contribution in [2.75, 3.05) is 0 Å². The van der Waals surface area contributed by atoms with Gasteiger partial charge in [0.05, 0.1) is 0 Å². The molecule has 0 aromatic heterocycles. The Bertz CT molecular complexity index is 546. The lowest BCUT2D eigenvalue weighted by molar-refractivity contribution is 0.0951. The Morgan fingerprint density at radius 2 is 1.79 bits per heavy atom. The highest BCUT2D eigenvalue weighted by atomic mass is 16.1. The van der Waals surface area contributed by atoms with Gasteiger partial charge in [0.2, 0.25) is 0 Å². The van der Waals surface area contributed by atoms with E-state index >= 15 is 0 Å². The Hall–Kier alpha value is -2.09. The monoisotopic (exact) mass is 253 g/mol. The van der Waals surface area contributed by atoms with E-state index in [9.17, 15) is 4.79 Å². The van der Waals surface area contributed by atoms with Crippen LogP contribution in [-0.2, 0) is 6.54 Å². The molecule has 2 nitrogen and oxygen atoms in total. The number of hydrogen-bond donors (Lipinski definition) is 1. The van der Waals surface area contributed by atoms with E-state index in [4.69, 9.17) is 0 Å². The second-order valence-corrected chi connectivity index (χ2v) is 4.95. The lowest BCUT2D eigenvalue weighted by atomic mass is 10.0. The fourth-order valence-corrected chi connectivity index (χ4v) is 1.94. The first-order valence-electron chi connectivity index (χ1n) is 6.59. The third-order valence-electron chi connectivity index (χ3n) is 3.11. The van der Waals surface area contributed by atoms with Crippen molar-refractivity contribution in [1.82, 2.24) is 5.32 Å². The number of amides is 1. The van der Waals surface area contributed by atoms with Gasteiger partial charge in [-0.15, -0.1) is 0 Å². The zero-order valence-corrected chi connectivity index (χ0v) is 11.4. The van der Waals surface area contributed by atoms with Crippen LogP contribution in [-0.4, -0.2) is 5.91 Å². The van der Waals surface area contributed by atoms with Gasteiger partial charge < -0.3 is 5.32 Å². The molecule has 0 radical (unpaired) electrons. The fraction of sp³-hybridized carbons (Fsp3) is 0.235. The molecule has 0 heterocycles. The van der Waals surface area contributed by atoms with Crippen molar-refractivity contribution in [3.63, 3.8) is 0 Å². The maximum atomic E-state index is 11.9. The number of carbonyl (C=O) groups is 1. The van der Waals surface area contributed by atoms with Crippen LogP contribution in [0.3, 0.4) is 0 Å². The van der Waals surface area contributed by atoms with E-state index in [0.29, 0.717) is 18.0 Å². The zero-order chi connectivity index (χ0) is 13.7. The Kier molecular flexibility index (Phi) is 4.35. The average Bonchev–Trinajstić information content (AvgIpc) is 2.46. The Labute approximate surface area is 114 Å². The number of hydrogen-bond acceptors (Lipinski definition) is 1. The minimum absolute atomic E-state index is 0.0319. The Morgan fingerprint density at radius 3 is 2.47 bits per heavy atom. The predicted molar refractivity (Wildman–Crippen MR) is 78.1 cm³/mol. The Morgan fingerprint density at radius 1 is 1.05 bits per heavy atom. The fourth-order valence-electron chi connectivity index (χ4n) is 1.94. The van der Waals surface area contributed by atoms with Crippen LogP contribution < -0.4 is 5.32 Å². The van der Waals surface area contributed by atoms with Crippen LogP contribution in [0.2, 0.25) is 0 Å². The van der Waals surface area contributed by atoms with Crippen molar-refractivity contribution in [2.24, 2.45) is 0 Å². The van der Waals surface area contributed by atoms with Gasteiger partial charge in [-0.25, -0.2) is 0 Å². The molecule has 0 aliphatic carbocycles. The molecule has 2 aromatic carbocycles. The number of rotatable bonds is 4. The highest BCUT2D eigenvalue weighted by molar-refractivity contribution is 5.94. The van der Waals surface area contributed by atoms with Gasteiger partial charge in [0.25, 0.3) is 5.91 Å². The van der Waals surface area contributed by atoms with Crippen molar-refractivity contribution in [1.29, 1.82) is 0 Å². The van der Waals surface area contributed by atoms with Crippen molar-refractivity contribution < 1.29 is 4.79 Å². The molecule has 0 saturated heterocycles. The molecule has 1 N–H and O–H groups in total. The second-order valence-electron chi connectivity index (χ2n) is 4.95. The van der Waals surface area contributed by atoms with Crippen molar-refractivity contribution in [3.8, 4) is 0 Å². The summed E-state index contributed by atoms with van der Waals surface area (Å²) < 4.78 is 0. The summed E-state index contributed by atoms with van der Waals surface area (Å²) in [6.45, 7) is 4.90. The van der Waals surface area contributed by atoms with Crippen molar-refractivity contribution in [3.05, 3.63) is 71.3 Å². The van der Waals surface area contributed by atoms with Crippen LogP contribution in [0.25, 0.3) is 0 Å². The standard InChI is InChI=1S/C17H19NO/c1-13(2)16-10-6-7-14(11-16)12-18-17(19)15-8-4-3-5-9-15/h3-11,13H,12H2,1-2H3,(H,18,19). The predicted octanol–water partition coefficient (Wildman–Crippen LogP) is 3.74. The van der Waals surface area contributed by atoms with Crippen molar-refractivity contribution in [2.45, 2.75) is 26.3 Å². The number of benzene rings is 2. The second kappa shape index (κ2) is 6.19. The molecule has 2 heteroatoms. The van der Waals surface area contributed by atoms with E-state index < -0.39 is 0 Å². The highest BCUT2D eigenvalue weighted by Crippen LogP contribution is 2.15. The normalized spacial score (nSPS) is 10.5. The summed E-state index contributed by atoms with van der Waals surface area (Å²) in [4.78, 5) is 11.9. The first-order valence-corrected chi connectivity index (χ1v) is 6.59. The smallest absolute Gasteiger partial charge is 0.251 e. The highest BCUT2D eigenvalue weighted by Gasteiger charge is 2.05. The summed E-state index contributed by atoms with van der Waals surface area (Å²) in [5.41, 5.74) is 3.13. The van der Waals surface area contributed by atoms with E-state index in [0.717, 1.165) is 5.56 Å². The van der Waals surface area contributed by atoms with Crippen LogP contribution in [0, 0.1) is 0 Å². The molecular formula is C17H19NO. The molecule has 0 atom stereocenters. The van der Waals surface area contributed by atoms with E-state index in [1.807, 2.05) is 42.5 Å². The molecule has 0 spiro atoms. The largest absolute Gasteiger partial charge is 0.348 e. The quantitative estimate of drug-likeness (QED) is 0.883. The molecule has 2 rings (SSSR count). The maximum Gasteiger partial charge on any atom is 0.251 e. The Balaban J connectivity index is 1.99. The van der Waals surface area contributed by atoms with Gasteiger partial charge in [-0.05, 0) is 29.2 Å². The molecule has 19 heavy (non-hydrogen) atoms. The van der Waals surface area contributed by atoms with E-state index in [1.54, 1.807) is 0 Å². The zero-order valence-electron chi connectivity index (χ0n) is 11.4. The van der Waals surface area contributed by atoms with E-state index in [-0.39, 0.29) is 5.91 Å². The average molecular weight is 253 g/mol. The molecule has 0 bridgehead atoms. The van der Waals surface area contributed by atoms with Crippen LogP contribution in [0.15, 0.2) is 54.6 Å². The third-order valence-corrected chi connectivity index (χ3v) is 3.11. The van der Waals surface area contributed by atoms with Crippen LogP contribution in [0.5, 0.6) is 0 Å². The summed E-state index contributed by atoms with van der Waals surface area (Å²) in [7, 11) is 0. The molecule has 1 amide bonds. The summed E-state index contributed by atoms with van der Waals surface area (Å²) >= 11 is 0. The van der Waals surface area contributed by atoms with Gasteiger partial charge in [-0.1, -0.05) is 56.3 Å². The van der Waals surface area contributed by atoms with Gasteiger partial charge in [0.1, 0.15) is 0 Å². The number of carbonyl (C=O) groups excluding carboxylic acids is 1. The van der Waals surface area contributed by atoms with Crippen LogP contribution >= 0.6 is 0 Å². The van der Waals surface area contributed by atoms with Gasteiger partial charge >= 0.3 is 0 Å². The number of nitrogens with one attached hydrogen (secondary N) is 1. The van der Waals surface area contributed by atoms with Crippen molar-refractivity contribution >= 4 is 5.91 Å². The molecule has 0 aliphatic heterocycles. The van der Waals surface area contributed by atoms with Gasteiger partial charge in [0.15, 0.2) is 0 Å². The van der Waals surface area contributed by atoms with Gasteiger partial charge in [0, 0.05) is 12.1 Å². The first-order chi connectivity index (χ1) is 9.16. The first kappa shape index (κ1) is 13.3. The van der Waals surface area contributed by atoms with E-state index in [2.05, 4.69) is 31.3 Å². The molecule has 0 unspecified atom stereocenters. The molecule has 0 aliphatic rings. The summed E-state index contributed by atoms with van der Waals surface area (Å²) in [6, 6.07) is 17.6. The maximum absolute atomic E-state index is 11.9. The SMILES string of the molecule is CC(C)c1cccc(CNC(=O)c2ccccc2)c1. The third kappa shape index (κ3) is 3.68. The van der Waals surface area contributed by atoms with Gasteiger partial charge in [-0.2, -0.15) is 0 Å². The molecule has 0 fully saturated rings. The van der Waals surface area contributed by atoms with Crippen LogP contribution in [0.4, 0.5) is 0 Å². The summed E-state index contributed by atoms with van der Waals surface area (Å²) in [5, 5.41) is 2.94. The van der Waals surface area contributed by atoms with E-state index in [1.165, 1.54) is 5.56 Å². The summed E-state index contributed by atoms with van der Waals surface area (Å²) in [6.07, 6.45) is 0. The minimum Gasteiger partial charge on any atom is -0.348 e.